The summed E-state index contributed by atoms with van der Waals surface area (Å²) in [5, 5.41) is 9.34. The van der Waals surface area contributed by atoms with Gasteiger partial charge in [-0.3, -0.25) is 9.78 Å². The Morgan fingerprint density at radius 2 is 2.25 bits per heavy atom. The average Bonchev–Trinajstić information content (AvgIpc) is 2.62. The predicted molar refractivity (Wildman–Crippen MR) is 92.1 cm³/mol. The Morgan fingerprint density at radius 3 is 3.04 bits per heavy atom. The summed E-state index contributed by atoms with van der Waals surface area (Å²) in [6, 6.07) is 4.09. The molecule has 24 heavy (non-hydrogen) atoms. The van der Waals surface area contributed by atoms with Crippen LogP contribution in [-0.4, -0.2) is 53.1 Å². The van der Waals surface area contributed by atoms with E-state index in [1.807, 2.05) is 12.1 Å². The average molecular weight is 325 g/mol. The van der Waals surface area contributed by atoms with Crippen LogP contribution in [0, 0.1) is 0 Å². The van der Waals surface area contributed by atoms with Gasteiger partial charge in [0.05, 0.1) is 6.54 Å². The lowest BCUT2D eigenvalue weighted by atomic mass is 10.1. The van der Waals surface area contributed by atoms with Crippen molar-refractivity contribution in [3.8, 4) is 11.3 Å². The van der Waals surface area contributed by atoms with Gasteiger partial charge in [0.1, 0.15) is 11.4 Å². The topological polar surface area (TPSA) is 95.1 Å². The maximum atomic E-state index is 11.8. The van der Waals surface area contributed by atoms with Gasteiger partial charge in [0.25, 0.3) is 0 Å². The van der Waals surface area contributed by atoms with E-state index in [0.29, 0.717) is 29.2 Å². The first-order valence-electron chi connectivity index (χ1n) is 8.06. The Balaban J connectivity index is 1.84. The lowest BCUT2D eigenvalue weighted by Crippen LogP contribution is -2.50. The molecule has 0 radical (unpaired) electrons. The Morgan fingerprint density at radius 1 is 1.33 bits per heavy atom. The van der Waals surface area contributed by atoms with Crippen molar-refractivity contribution in [2.75, 3.05) is 41.7 Å². The van der Waals surface area contributed by atoms with E-state index in [9.17, 15) is 4.79 Å². The van der Waals surface area contributed by atoms with E-state index >= 15 is 0 Å². The molecule has 0 saturated carbocycles. The highest BCUT2D eigenvalue weighted by Gasteiger charge is 2.26. The number of nitrogens with zero attached hydrogens (tertiary/aromatic N) is 4. The van der Waals surface area contributed by atoms with E-state index in [0.717, 1.165) is 25.2 Å². The van der Waals surface area contributed by atoms with E-state index in [1.54, 1.807) is 12.4 Å². The smallest absolute Gasteiger partial charge is 0.243 e. The summed E-state index contributed by atoms with van der Waals surface area (Å²) in [6.07, 6.45) is 3.46. The number of piperazine rings is 1. The first kappa shape index (κ1) is 14.8. The maximum absolute atomic E-state index is 11.8. The summed E-state index contributed by atoms with van der Waals surface area (Å²) in [6.45, 7) is 5.00. The van der Waals surface area contributed by atoms with Gasteiger partial charge in [0.2, 0.25) is 11.9 Å². The molecule has 0 bridgehead atoms. The number of hydrogen-bond donors (Lipinski definition) is 3. The van der Waals surface area contributed by atoms with Gasteiger partial charge in [-0.2, -0.15) is 4.98 Å². The number of aromatic nitrogens is 3. The summed E-state index contributed by atoms with van der Waals surface area (Å²) >= 11 is 0. The Bertz CT molecular complexity index is 765. The number of anilines is 3. The molecule has 0 aliphatic carbocycles. The Hall–Kier alpha value is -2.74. The van der Waals surface area contributed by atoms with Crippen LogP contribution in [0.4, 0.5) is 17.5 Å². The SMILES string of the molecule is CC1CNCCN1c1nc2c(c(-c3cccnc3)n1)NC(=O)CN2. The number of carbonyl (C=O) groups is 1. The minimum absolute atomic E-state index is 0.0977. The molecule has 124 valence electrons. The number of pyridine rings is 1. The molecule has 1 fully saturated rings. The fraction of sp³-hybridized carbons (Fsp3) is 0.375. The number of rotatable bonds is 2. The van der Waals surface area contributed by atoms with E-state index in [4.69, 9.17) is 4.98 Å². The quantitative estimate of drug-likeness (QED) is 0.748. The third-order valence-electron chi connectivity index (χ3n) is 4.27. The third-order valence-corrected chi connectivity index (χ3v) is 4.27. The van der Waals surface area contributed by atoms with Gasteiger partial charge >= 0.3 is 0 Å². The molecule has 3 N–H and O–H groups in total. The number of nitrogens with one attached hydrogen (secondary N) is 3. The van der Waals surface area contributed by atoms with Crippen LogP contribution >= 0.6 is 0 Å². The zero-order chi connectivity index (χ0) is 16.5. The van der Waals surface area contributed by atoms with Crippen LogP contribution in [0.1, 0.15) is 6.92 Å². The van der Waals surface area contributed by atoms with Crippen molar-refractivity contribution in [2.24, 2.45) is 0 Å². The first-order chi connectivity index (χ1) is 11.7. The minimum Gasteiger partial charge on any atom is -0.359 e. The van der Waals surface area contributed by atoms with Crippen LogP contribution in [0.3, 0.4) is 0 Å². The predicted octanol–water partition coefficient (Wildman–Crippen LogP) is 0.701. The highest BCUT2D eigenvalue weighted by molar-refractivity contribution is 6.03. The largest absolute Gasteiger partial charge is 0.359 e. The van der Waals surface area contributed by atoms with Crippen molar-refractivity contribution in [3.63, 3.8) is 0 Å². The molecule has 2 aliphatic rings. The van der Waals surface area contributed by atoms with Gasteiger partial charge in [-0.1, -0.05) is 0 Å². The van der Waals surface area contributed by atoms with Crippen LogP contribution in [0.5, 0.6) is 0 Å². The van der Waals surface area contributed by atoms with Crippen molar-refractivity contribution in [1.82, 2.24) is 20.3 Å². The van der Waals surface area contributed by atoms with Crippen LogP contribution in [0.2, 0.25) is 0 Å². The summed E-state index contributed by atoms with van der Waals surface area (Å²) in [7, 11) is 0. The van der Waals surface area contributed by atoms with Crippen molar-refractivity contribution < 1.29 is 4.79 Å². The first-order valence-corrected chi connectivity index (χ1v) is 8.06. The molecule has 2 aromatic heterocycles. The highest BCUT2D eigenvalue weighted by atomic mass is 16.2. The zero-order valence-electron chi connectivity index (χ0n) is 13.4. The van der Waals surface area contributed by atoms with E-state index in [2.05, 4.69) is 37.7 Å². The number of amides is 1. The second-order valence-corrected chi connectivity index (χ2v) is 5.99. The van der Waals surface area contributed by atoms with Crippen LogP contribution < -0.4 is 20.9 Å². The molecule has 0 spiro atoms. The lowest BCUT2D eigenvalue weighted by Gasteiger charge is -2.35. The second kappa shape index (κ2) is 6.04. The normalized spacial score (nSPS) is 20.1. The van der Waals surface area contributed by atoms with Crippen LogP contribution in [0.15, 0.2) is 24.5 Å². The van der Waals surface area contributed by atoms with Gasteiger partial charge in [0, 0.05) is 43.6 Å². The number of hydrogen-bond acceptors (Lipinski definition) is 7. The van der Waals surface area contributed by atoms with Gasteiger partial charge in [-0.25, -0.2) is 4.98 Å². The van der Waals surface area contributed by atoms with Crippen LogP contribution in [0.25, 0.3) is 11.3 Å². The summed E-state index contributed by atoms with van der Waals surface area (Å²) in [5.41, 5.74) is 2.16. The maximum Gasteiger partial charge on any atom is 0.243 e. The molecule has 4 rings (SSSR count). The zero-order valence-corrected chi connectivity index (χ0v) is 13.4. The van der Waals surface area contributed by atoms with Crippen LogP contribution in [-0.2, 0) is 4.79 Å². The number of carbonyl (C=O) groups excluding carboxylic acids is 1. The highest BCUT2D eigenvalue weighted by Crippen LogP contribution is 2.35. The molecule has 2 aliphatic heterocycles. The fourth-order valence-corrected chi connectivity index (χ4v) is 3.02. The van der Waals surface area contributed by atoms with Gasteiger partial charge in [-0.15, -0.1) is 0 Å². The fourth-order valence-electron chi connectivity index (χ4n) is 3.02. The summed E-state index contributed by atoms with van der Waals surface area (Å²) in [5.74, 6) is 1.23. The lowest BCUT2D eigenvalue weighted by molar-refractivity contribution is -0.114. The second-order valence-electron chi connectivity index (χ2n) is 5.99. The molecule has 1 atom stereocenters. The molecule has 1 unspecified atom stereocenters. The minimum atomic E-state index is -0.0977. The molecule has 0 aromatic carbocycles. The van der Waals surface area contributed by atoms with E-state index < -0.39 is 0 Å². The van der Waals surface area contributed by atoms with Crippen molar-refractivity contribution in [3.05, 3.63) is 24.5 Å². The molecular formula is C16H19N7O. The molecule has 8 heteroatoms. The Kier molecular flexibility index (Phi) is 3.73. The molecular weight excluding hydrogens is 306 g/mol. The summed E-state index contributed by atoms with van der Waals surface area (Å²) < 4.78 is 0. The Labute approximate surface area is 139 Å². The molecule has 8 nitrogen and oxygen atoms in total. The molecule has 4 heterocycles. The standard InChI is InChI=1S/C16H19N7O/c1-10-7-18-5-6-23(10)16-21-13(11-3-2-4-17-8-11)14-15(22-16)19-9-12(24)20-14/h2-4,8,10,18H,5-7,9H2,1H3,(H,20,24)(H,19,21,22). The van der Waals surface area contributed by atoms with Gasteiger partial charge < -0.3 is 20.9 Å². The summed E-state index contributed by atoms with van der Waals surface area (Å²) in [4.78, 5) is 27.5. The number of fused-ring (bicyclic) bond motifs is 1. The monoisotopic (exact) mass is 325 g/mol. The molecule has 1 saturated heterocycles. The molecule has 2 aromatic rings. The van der Waals surface area contributed by atoms with Gasteiger partial charge in [-0.05, 0) is 19.1 Å². The van der Waals surface area contributed by atoms with Crippen molar-refractivity contribution in [1.29, 1.82) is 0 Å². The third kappa shape index (κ3) is 2.65. The van der Waals surface area contributed by atoms with Gasteiger partial charge in [0.15, 0.2) is 5.82 Å². The van der Waals surface area contributed by atoms with Crippen molar-refractivity contribution in [2.45, 2.75) is 13.0 Å². The van der Waals surface area contributed by atoms with E-state index in [1.165, 1.54) is 0 Å². The van der Waals surface area contributed by atoms with E-state index in [-0.39, 0.29) is 12.5 Å². The molecule has 1 amide bonds. The van der Waals surface area contributed by atoms with Crippen molar-refractivity contribution >= 4 is 23.4 Å².